The summed E-state index contributed by atoms with van der Waals surface area (Å²) in [5.74, 6) is 1.21. The van der Waals surface area contributed by atoms with Crippen LogP contribution in [0.4, 0.5) is 45.3 Å². The summed E-state index contributed by atoms with van der Waals surface area (Å²) < 4.78 is 31.6. The molecule has 48 heavy (non-hydrogen) atoms. The van der Waals surface area contributed by atoms with Crippen LogP contribution < -0.4 is 29.9 Å². The van der Waals surface area contributed by atoms with Crippen LogP contribution in [0.1, 0.15) is 12.8 Å². The highest BCUT2D eigenvalue weighted by Gasteiger charge is 2.28. The van der Waals surface area contributed by atoms with E-state index in [0.29, 0.717) is 34.7 Å². The van der Waals surface area contributed by atoms with E-state index in [1.54, 1.807) is 37.6 Å². The molecule has 0 atom stereocenters. The van der Waals surface area contributed by atoms with Crippen LogP contribution in [0, 0.1) is 0 Å². The molecule has 0 amide bonds. The molecule has 2 saturated heterocycles. The van der Waals surface area contributed by atoms with Crippen molar-refractivity contribution in [3.05, 3.63) is 59.2 Å². The highest BCUT2D eigenvalue weighted by atomic mass is 35.5. The Morgan fingerprint density at radius 1 is 0.979 bits per heavy atom. The molecule has 6 rings (SSSR count). The number of nitrogens with one attached hydrogen (secondary N) is 3. The van der Waals surface area contributed by atoms with E-state index >= 15 is 0 Å². The molecular weight excluding hydrogens is 672 g/mol. The Kier molecular flexibility index (Phi) is 10.4. The van der Waals surface area contributed by atoms with Crippen LogP contribution in [0.25, 0.3) is 0 Å². The number of thiazole rings is 1. The van der Waals surface area contributed by atoms with E-state index in [1.807, 2.05) is 17.5 Å². The van der Waals surface area contributed by atoms with Gasteiger partial charge < -0.3 is 30.5 Å². The molecule has 3 N–H and O–H groups in total. The summed E-state index contributed by atoms with van der Waals surface area (Å²) in [5.41, 5.74) is 3.54. The monoisotopic (exact) mass is 712 g/mol. The van der Waals surface area contributed by atoms with E-state index in [-0.39, 0.29) is 11.0 Å². The van der Waals surface area contributed by atoms with Crippen molar-refractivity contribution in [3.63, 3.8) is 0 Å². The van der Waals surface area contributed by atoms with Crippen molar-refractivity contribution in [2.75, 3.05) is 91.9 Å². The minimum Gasteiger partial charge on any atom is -0.494 e. The Labute approximate surface area is 291 Å². The first kappa shape index (κ1) is 34.0. The number of piperidine rings is 1. The number of rotatable bonds is 11. The molecule has 0 radical (unpaired) electrons. The van der Waals surface area contributed by atoms with Crippen molar-refractivity contribution in [1.29, 1.82) is 0 Å². The van der Waals surface area contributed by atoms with Gasteiger partial charge in [-0.1, -0.05) is 23.7 Å². The number of hydrogen-bond acceptors (Lipinski definition) is 13. The number of aromatic nitrogens is 3. The number of hydrogen-bond donors (Lipinski definition) is 3. The molecule has 2 aromatic heterocycles. The van der Waals surface area contributed by atoms with Crippen molar-refractivity contribution in [2.45, 2.75) is 18.9 Å². The number of nitrogens with zero attached hydrogens (tertiary/aromatic N) is 7. The molecule has 0 saturated carbocycles. The molecule has 256 valence electrons. The Bertz CT molecular complexity index is 1810. The molecule has 4 heterocycles. The lowest BCUT2D eigenvalue weighted by molar-refractivity contribution is 0.0982. The lowest BCUT2D eigenvalue weighted by Gasteiger charge is -2.43. The highest BCUT2D eigenvalue weighted by molar-refractivity contribution is 7.92. The SMILES string of the molecule is COc1cc(N2CCC(N3CCN(C)CC3)CC2)c(Nc2nccs2)cc1Nc1ncc(Cl)c(Nc2ccccc2N(C)S(C)(=O)=O)n1. The van der Waals surface area contributed by atoms with Crippen LogP contribution in [-0.2, 0) is 10.0 Å². The van der Waals surface area contributed by atoms with Crippen LogP contribution in [0.5, 0.6) is 5.75 Å². The van der Waals surface area contributed by atoms with Gasteiger partial charge in [-0.05, 0) is 38.1 Å². The Balaban J connectivity index is 1.26. The van der Waals surface area contributed by atoms with Gasteiger partial charge >= 0.3 is 0 Å². The van der Waals surface area contributed by atoms with E-state index in [2.05, 4.69) is 52.6 Å². The van der Waals surface area contributed by atoms with E-state index in [9.17, 15) is 8.42 Å². The molecule has 4 aromatic rings. The summed E-state index contributed by atoms with van der Waals surface area (Å²) >= 11 is 8.04. The van der Waals surface area contributed by atoms with Gasteiger partial charge in [0.1, 0.15) is 10.8 Å². The maximum Gasteiger partial charge on any atom is 0.232 e. The molecule has 13 nitrogen and oxygen atoms in total. The number of anilines is 8. The van der Waals surface area contributed by atoms with Crippen molar-refractivity contribution in [2.24, 2.45) is 0 Å². The second-order valence-corrected chi connectivity index (χ2v) is 15.3. The van der Waals surface area contributed by atoms with Crippen LogP contribution in [0.15, 0.2) is 54.2 Å². The van der Waals surface area contributed by atoms with Gasteiger partial charge in [0.2, 0.25) is 16.0 Å². The van der Waals surface area contributed by atoms with Crippen LogP contribution >= 0.6 is 22.9 Å². The summed E-state index contributed by atoms with van der Waals surface area (Å²) in [5, 5.41) is 13.0. The van der Waals surface area contributed by atoms with Gasteiger partial charge in [-0.3, -0.25) is 9.21 Å². The zero-order chi connectivity index (χ0) is 33.8. The largest absolute Gasteiger partial charge is 0.494 e. The topological polar surface area (TPSA) is 131 Å². The molecular formula is C32H41ClN10O3S2. The fourth-order valence-electron chi connectivity index (χ4n) is 6.05. The highest BCUT2D eigenvalue weighted by Crippen LogP contribution is 2.41. The summed E-state index contributed by atoms with van der Waals surface area (Å²) in [6.07, 6.45) is 6.61. The lowest BCUT2D eigenvalue weighted by atomic mass is 10.0. The number of sulfonamides is 1. The number of benzene rings is 2. The van der Waals surface area contributed by atoms with E-state index in [1.165, 1.54) is 28.9 Å². The zero-order valence-corrected chi connectivity index (χ0v) is 29.9. The van der Waals surface area contributed by atoms with Gasteiger partial charge in [0.05, 0.1) is 48.0 Å². The Morgan fingerprint density at radius 2 is 1.73 bits per heavy atom. The third kappa shape index (κ3) is 7.87. The summed E-state index contributed by atoms with van der Waals surface area (Å²) in [7, 11) is 1.83. The minimum absolute atomic E-state index is 0.269. The first-order valence-corrected chi connectivity index (χ1v) is 18.8. The van der Waals surface area contributed by atoms with Crippen LogP contribution in [0.3, 0.4) is 0 Å². The zero-order valence-electron chi connectivity index (χ0n) is 27.5. The average molecular weight is 713 g/mol. The number of piperazine rings is 1. The normalized spacial score (nSPS) is 16.5. The first-order valence-electron chi connectivity index (χ1n) is 15.7. The molecule has 16 heteroatoms. The van der Waals surface area contributed by atoms with Gasteiger partial charge in [-0.2, -0.15) is 4.98 Å². The standard InChI is InChI=1S/C32H41ClN10O3S2/c1-40-14-16-42(17-15-40)22-9-12-43(13-10-22)28-20-29(46-3)26(19-25(28)38-32-34-11-18-47-32)37-31-35-21-23(33)30(39-31)36-24-7-5-6-8-27(24)41(2)48(4,44)45/h5-8,11,18-22H,9-10,12-17H2,1-4H3,(H,34,38)(H2,35,36,37,39). The van der Waals surface area contributed by atoms with Crippen molar-refractivity contribution in [1.82, 2.24) is 24.8 Å². The number of halogens is 1. The van der Waals surface area contributed by atoms with Crippen molar-refractivity contribution in [3.8, 4) is 5.75 Å². The smallest absolute Gasteiger partial charge is 0.232 e. The minimum atomic E-state index is -3.50. The van der Waals surface area contributed by atoms with Gasteiger partial charge in [0, 0.05) is 70.0 Å². The second kappa shape index (κ2) is 14.7. The lowest BCUT2D eigenvalue weighted by Crippen LogP contribution is -2.52. The summed E-state index contributed by atoms with van der Waals surface area (Å²) in [6, 6.07) is 11.7. The predicted octanol–water partition coefficient (Wildman–Crippen LogP) is 5.44. The van der Waals surface area contributed by atoms with Gasteiger partial charge in [-0.15, -0.1) is 11.3 Å². The van der Waals surface area contributed by atoms with E-state index in [4.69, 9.17) is 16.3 Å². The molecule has 0 aliphatic carbocycles. The summed E-state index contributed by atoms with van der Waals surface area (Å²) in [6.45, 7) is 6.36. The molecule has 0 unspecified atom stereocenters. The summed E-state index contributed by atoms with van der Waals surface area (Å²) in [4.78, 5) is 21.0. The third-order valence-corrected chi connectivity index (χ3v) is 11.0. The van der Waals surface area contributed by atoms with Crippen molar-refractivity contribution >= 4 is 78.3 Å². The van der Waals surface area contributed by atoms with E-state index < -0.39 is 10.0 Å². The fourth-order valence-corrected chi connectivity index (χ4v) is 7.25. The fraction of sp³-hybridized carbons (Fsp3) is 0.406. The quantitative estimate of drug-likeness (QED) is 0.183. The molecule has 0 spiro atoms. The number of para-hydroxylation sites is 2. The third-order valence-electron chi connectivity index (χ3n) is 8.84. The van der Waals surface area contributed by atoms with Crippen LogP contribution in [0.2, 0.25) is 5.02 Å². The number of methoxy groups -OCH3 is 1. The van der Waals surface area contributed by atoms with E-state index in [0.717, 1.165) is 74.9 Å². The van der Waals surface area contributed by atoms with Crippen LogP contribution in [-0.4, -0.2) is 106 Å². The number of ether oxygens (including phenoxy) is 1. The average Bonchev–Trinajstić information content (AvgIpc) is 3.59. The maximum atomic E-state index is 12.3. The number of likely N-dealkylation sites (N-methyl/N-ethyl adjacent to an activating group) is 1. The van der Waals surface area contributed by atoms with Gasteiger partial charge in [0.25, 0.3) is 0 Å². The van der Waals surface area contributed by atoms with Gasteiger partial charge in [0.15, 0.2) is 10.9 Å². The van der Waals surface area contributed by atoms with Crippen molar-refractivity contribution < 1.29 is 13.2 Å². The molecule has 2 aliphatic heterocycles. The molecule has 0 bridgehead atoms. The van der Waals surface area contributed by atoms with Gasteiger partial charge in [-0.25, -0.2) is 18.4 Å². The Hall–Kier alpha value is -3.89. The first-order chi connectivity index (χ1) is 23.1. The predicted molar refractivity (Wildman–Crippen MR) is 196 cm³/mol. The molecule has 2 fully saturated rings. The second-order valence-electron chi connectivity index (χ2n) is 12.0. The Morgan fingerprint density at radius 3 is 2.42 bits per heavy atom. The molecule has 2 aliphatic rings. The maximum absolute atomic E-state index is 12.3. The molecule has 2 aromatic carbocycles.